The third kappa shape index (κ3) is 6.39. The summed E-state index contributed by atoms with van der Waals surface area (Å²) in [6.07, 6.45) is 3.48. The van der Waals surface area contributed by atoms with Gasteiger partial charge in [0.15, 0.2) is 0 Å². The van der Waals surface area contributed by atoms with Crippen molar-refractivity contribution < 1.29 is 8.83 Å². The van der Waals surface area contributed by atoms with Crippen LogP contribution in [0.3, 0.4) is 0 Å². The molecule has 2 aromatic heterocycles. The van der Waals surface area contributed by atoms with Gasteiger partial charge in [-0.2, -0.15) is 0 Å². The van der Waals surface area contributed by atoms with Crippen LogP contribution in [0.4, 0.5) is 11.4 Å². The SMILES string of the molecule is CCc1c(N)ccc(-c2nnc(-c3ccc(N)c(CC)c3CC)o2)c1CC.c1ccc2c(-c3nnc(-c4cccc5ccccc45)o3)cccc2c1. The molecule has 0 aliphatic carbocycles. The molecule has 8 aromatic rings. The fourth-order valence-electron chi connectivity index (χ4n) is 7.17. The van der Waals surface area contributed by atoms with E-state index in [-0.39, 0.29) is 0 Å². The Labute approximate surface area is 303 Å². The Hall–Kier alpha value is -6.28. The maximum Gasteiger partial charge on any atom is 0.248 e. The highest BCUT2D eigenvalue weighted by atomic mass is 16.4. The summed E-state index contributed by atoms with van der Waals surface area (Å²) in [4.78, 5) is 0. The number of benzene rings is 6. The lowest BCUT2D eigenvalue weighted by molar-refractivity contribution is 0.582. The molecule has 0 atom stereocenters. The molecule has 8 nitrogen and oxygen atoms in total. The number of aromatic nitrogens is 4. The molecule has 260 valence electrons. The largest absolute Gasteiger partial charge is 0.416 e. The Bertz CT molecular complexity index is 2330. The number of nitrogen functional groups attached to an aromatic ring is 2. The maximum absolute atomic E-state index is 6.16. The molecule has 8 heteroatoms. The number of nitrogens with two attached hydrogens (primary N) is 2. The molecule has 2 heterocycles. The van der Waals surface area contributed by atoms with Crippen molar-refractivity contribution in [3.05, 3.63) is 131 Å². The van der Waals surface area contributed by atoms with E-state index in [1.165, 1.54) is 11.1 Å². The Kier molecular flexibility index (Phi) is 9.80. The molecule has 0 amide bonds. The monoisotopic (exact) mass is 686 g/mol. The first-order valence-electron chi connectivity index (χ1n) is 17.9. The predicted octanol–water partition coefficient (Wildman–Crippen LogP) is 10.5. The first-order valence-corrected chi connectivity index (χ1v) is 17.9. The van der Waals surface area contributed by atoms with Gasteiger partial charge in [0.1, 0.15) is 0 Å². The third-order valence-electron chi connectivity index (χ3n) is 9.70. The number of nitrogens with zero attached hydrogens (tertiary/aromatic N) is 4. The highest BCUT2D eigenvalue weighted by Gasteiger charge is 2.20. The summed E-state index contributed by atoms with van der Waals surface area (Å²) in [5.74, 6) is 2.15. The molecular formula is C44H42N6O2. The predicted molar refractivity (Wildman–Crippen MR) is 212 cm³/mol. The summed E-state index contributed by atoms with van der Waals surface area (Å²) < 4.78 is 12.2. The van der Waals surface area contributed by atoms with Gasteiger partial charge in [0.2, 0.25) is 23.6 Å². The van der Waals surface area contributed by atoms with E-state index in [4.69, 9.17) is 20.3 Å². The minimum atomic E-state index is 0.536. The van der Waals surface area contributed by atoms with Crippen molar-refractivity contribution in [2.45, 2.75) is 53.4 Å². The summed E-state index contributed by atoms with van der Waals surface area (Å²) in [7, 11) is 0. The molecule has 0 aliphatic rings. The van der Waals surface area contributed by atoms with Crippen molar-refractivity contribution in [2.24, 2.45) is 0 Å². The molecule has 0 saturated heterocycles. The van der Waals surface area contributed by atoms with Gasteiger partial charge in [0.25, 0.3) is 0 Å². The van der Waals surface area contributed by atoms with Gasteiger partial charge >= 0.3 is 0 Å². The van der Waals surface area contributed by atoms with Crippen LogP contribution < -0.4 is 11.5 Å². The Balaban J connectivity index is 0.000000162. The Morgan fingerprint density at radius 2 is 0.731 bits per heavy atom. The van der Waals surface area contributed by atoms with Gasteiger partial charge < -0.3 is 20.3 Å². The van der Waals surface area contributed by atoms with Crippen LogP contribution in [-0.4, -0.2) is 20.4 Å². The van der Waals surface area contributed by atoms with E-state index in [9.17, 15) is 0 Å². The van der Waals surface area contributed by atoms with Gasteiger partial charge in [0, 0.05) is 33.6 Å². The van der Waals surface area contributed by atoms with E-state index >= 15 is 0 Å². The maximum atomic E-state index is 6.16. The van der Waals surface area contributed by atoms with Gasteiger partial charge in [-0.15, -0.1) is 20.4 Å². The molecule has 4 N–H and O–H groups in total. The summed E-state index contributed by atoms with van der Waals surface area (Å²) in [5.41, 5.74) is 22.5. The van der Waals surface area contributed by atoms with Crippen LogP contribution in [0.25, 0.3) is 67.4 Å². The minimum absolute atomic E-state index is 0.536. The van der Waals surface area contributed by atoms with E-state index in [1.54, 1.807) is 0 Å². The average molecular weight is 687 g/mol. The van der Waals surface area contributed by atoms with Crippen molar-refractivity contribution in [3.8, 4) is 45.8 Å². The van der Waals surface area contributed by atoms with Crippen molar-refractivity contribution in [2.75, 3.05) is 11.5 Å². The summed E-state index contributed by atoms with van der Waals surface area (Å²) in [5, 5.41) is 21.8. The van der Waals surface area contributed by atoms with Crippen LogP contribution in [0, 0.1) is 0 Å². The molecule has 0 fully saturated rings. The lowest BCUT2D eigenvalue weighted by Crippen LogP contribution is -2.01. The van der Waals surface area contributed by atoms with E-state index in [2.05, 4.69) is 84.5 Å². The Morgan fingerprint density at radius 1 is 0.385 bits per heavy atom. The molecule has 0 bridgehead atoms. The zero-order chi connectivity index (χ0) is 36.2. The van der Waals surface area contributed by atoms with Crippen molar-refractivity contribution in [1.29, 1.82) is 0 Å². The summed E-state index contributed by atoms with van der Waals surface area (Å²) >= 11 is 0. The van der Waals surface area contributed by atoms with E-state index in [0.717, 1.165) is 92.0 Å². The number of anilines is 2. The van der Waals surface area contributed by atoms with E-state index in [1.807, 2.05) is 72.8 Å². The first-order chi connectivity index (χ1) is 25.4. The summed E-state index contributed by atoms with van der Waals surface area (Å²) in [6.45, 7) is 8.47. The number of hydrogen-bond acceptors (Lipinski definition) is 8. The van der Waals surface area contributed by atoms with Crippen molar-refractivity contribution >= 4 is 32.9 Å². The fourth-order valence-corrected chi connectivity index (χ4v) is 7.17. The molecule has 52 heavy (non-hydrogen) atoms. The van der Waals surface area contributed by atoms with Gasteiger partial charge in [0.05, 0.1) is 0 Å². The van der Waals surface area contributed by atoms with Crippen LogP contribution in [0.5, 0.6) is 0 Å². The average Bonchev–Trinajstić information content (AvgIpc) is 3.88. The van der Waals surface area contributed by atoms with Crippen molar-refractivity contribution in [3.63, 3.8) is 0 Å². The normalized spacial score (nSPS) is 11.2. The molecule has 0 radical (unpaired) electrons. The molecule has 0 unspecified atom stereocenters. The minimum Gasteiger partial charge on any atom is -0.416 e. The second-order valence-electron chi connectivity index (χ2n) is 12.6. The molecular weight excluding hydrogens is 645 g/mol. The first kappa shape index (κ1) is 34.2. The zero-order valence-corrected chi connectivity index (χ0v) is 30.0. The highest BCUT2D eigenvalue weighted by Crippen LogP contribution is 2.35. The van der Waals surface area contributed by atoms with E-state index in [0.29, 0.717) is 23.6 Å². The second kappa shape index (κ2) is 14.9. The van der Waals surface area contributed by atoms with Crippen LogP contribution in [0.15, 0.2) is 118 Å². The number of fused-ring (bicyclic) bond motifs is 2. The van der Waals surface area contributed by atoms with Gasteiger partial charge in [-0.3, -0.25) is 0 Å². The van der Waals surface area contributed by atoms with Crippen molar-refractivity contribution in [1.82, 2.24) is 20.4 Å². The van der Waals surface area contributed by atoms with E-state index < -0.39 is 0 Å². The number of rotatable bonds is 8. The van der Waals surface area contributed by atoms with Gasteiger partial charge in [-0.25, -0.2) is 0 Å². The van der Waals surface area contributed by atoms with Crippen LogP contribution >= 0.6 is 0 Å². The topological polar surface area (TPSA) is 130 Å². The second-order valence-corrected chi connectivity index (χ2v) is 12.6. The number of hydrogen-bond donors (Lipinski definition) is 2. The fraction of sp³-hybridized carbons (Fsp3) is 0.182. The highest BCUT2D eigenvalue weighted by molar-refractivity contribution is 5.96. The molecule has 0 spiro atoms. The molecule has 8 rings (SSSR count). The van der Waals surface area contributed by atoms with Crippen LogP contribution in [0.1, 0.15) is 49.9 Å². The van der Waals surface area contributed by atoms with Crippen LogP contribution in [-0.2, 0) is 25.7 Å². The third-order valence-corrected chi connectivity index (χ3v) is 9.70. The van der Waals surface area contributed by atoms with Gasteiger partial charge in [-0.05, 0) is 106 Å². The molecule has 0 aliphatic heterocycles. The van der Waals surface area contributed by atoms with Gasteiger partial charge in [-0.1, -0.05) is 100 Å². The molecule has 6 aromatic carbocycles. The summed E-state index contributed by atoms with van der Waals surface area (Å²) in [6, 6.07) is 36.5. The lowest BCUT2D eigenvalue weighted by Gasteiger charge is -2.13. The standard InChI is InChI=1S/C22H28N4O.C22H14N2O/c1-5-13-15(7-3)19(23)11-9-17(13)21-25-26-22(27-21)18-10-12-20(24)16(8-4)14(18)6-2;1-3-11-17-15(7-1)9-5-13-19(17)21-23-24-22(25-21)20-14-6-10-16-8-2-4-12-18(16)20/h9-12H,5-8,23-24H2,1-4H3;1-14H. The molecule has 0 saturated carbocycles. The zero-order valence-electron chi connectivity index (χ0n) is 30.0. The quantitative estimate of drug-likeness (QED) is 0.151. The Morgan fingerprint density at radius 3 is 1.12 bits per heavy atom. The van der Waals surface area contributed by atoms with Crippen LogP contribution in [0.2, 0.25) is 0 Å². The lowest BCUT2D eigenvalue weighted by atomic mass is 9.95. The smallest absolute Gasteiger partial charge is 0.248 e.